The zero-order valence-electron chi connectivity index (χ0n) is 8.47. The van der Waals surface area contributed by atoms with Gasteiger partial charge in [-0.05, 0) is 18.2 Å². The van der Waals surface area contributed by atoms with Crippen LogP contribution in [0.3, 0.4) is 0 Å². The Morgan fingerprint density at radius 3 is 3.19 bits per heavy atom. The van der Waals surface area contributed by atoms with Crippen LogP contribution in [0.5, 0.6) is 0 Å². The zero-order valence-corrected chi connectivity index (χ0v) is 8.47. The van der Waals surface area contributed by atoms with Gasteiger partial charge in [0.1, 0.15) is 6.04 Å². The van der Waals surface area contributed by atoms with Crippen LogP contribution >= 0.6 is 0 Å². The average Bonchev–Trinajstić information content (AvgIpc) is 2.75. The monoisotopic (exact) mass is 220 g/mol. The second kappa shape index (κ2) is 4.30. The second-order valence-corrected chi connectivity index (χ2v) is 3.45. The number of H-pyrrole nitrogens is 1. The molecule has 1 unspecified atom stereocenters. The Kier molecular flexibility index (Phi) is 2.84. The van der Waals surface area contributed by atoms with Crippen LogP contribution in [0.1, 0.15) is 0 Å². The molecule has 0 bridgehead atoms. The van der Waals surface area contributed by atoms with Gasteiger partial charge in [0.15, 0.2) is 0 Å². The molecule has 1 aromatic heterocycles. The zero-order chi connectivity index (χ0) is 11.5. The summed E-state index contributed by atoms with van der Waals surface area (Å²) in [5.41, 5.74) is 6.82. The number of aromatic nitrogens is 2. The standard InChI is InChI=1S/C10H12N4O2/c11-8(5-15)10(16)13-7-2-1-6-4-12-14-9(6)3-7/h1-4,8,15H,5,11H2,(H,12,14)(H,13,16). The number of benzene rings is 1. The lowest BCUT2D eigenvalue weighted by Gasteiger charge is -2.09. The normalized spacial score (nSPS) is 12.6. The van der Waals surface area contributed by atoms with Gasteiger partial charge in [-0.1, -0.05) is 0 Å². The molecule has 1 amide bonds. The van der Waals surface area contributed by atoms with Crippen molar-refractivity contribution in [3.05, 3.63) is 24.4 Å². The molecule has 1 atom stereocenters. The van der Waals surface area contributed by atoms with Crippen LogP contribution in [0.15, 0.2) is 24.4 Å². The molecular formula is C10H12N4O2. The third-order valence-electron chi connectivity index (χ3n) is 2.24. The number of nitrogens with two attached hydrogens (primary N) is 1. The Balaban J connectivity index is 2.17. The minimum absolute atomic E-state index is 0.377. The van der Waals surface area contributed by atoms with Crippen molar-refractivity contribution in [3.63, 3.8) is 0 Å². The molecule has 16 heavy (non-hydrogen) atoms. The number of nitrogens with one attached hydrogen (secondary N) is 2. The SMILES string of the molecule is NC(CO)C(=O)Nc1ccc2cn[nH]c2c1. The highest BCUT2D eigenvalue weighted by atomic mass is 16.3. The molecule has 2 aromatic rings. The number of aliphatic hydroxyl groups is 1. The lowest BCUT2D eigenvalue weighted by molar-refractivity contribution is -0.118. The summed E-state index contributed by atoms with van der Waals surface area (Å²) in [5.74, 6) is -0.415. The molecule has 0 aliphatic heterocycles. The van der Waals surface area contributed by atoms with Gasteiger partial charge in [-0.15, -0.1) is 0 Å². The van der Waals surface area contributed by atoms with Gasteiger partial charge in [-0.3, -0.25) is 9.89 Å². The summed E-state index contributed by atoms with van der Waals surface area (Å²) < 4.78 is 0. The van der Waals surface area contributed by atoms with Gasteiger partial charge in [-0.2, -0.15) is 5.10 Å². The molecule has 5 N–H and O–H groups in total. The summed E-state index contributed by atoms with van der Waals surface area (Å²) in [4.78, 5) is 11.4. The maximum Gasteiger partial charge on any atom is 0.243 e. The Morgan fingerprint density at radius 2 is 2.44 bits per heavy atom. The van der Waals surface area contributed by atoms with Crippen LogP contribution in [0, 0.1) is 0 Å². The fourth-order valence-corrected chi connectivity index (χ4v) is 1.33. The van der Waals surface area contributed by atoms with Crippen molar-refractivity contribution in [3.8, 4) is 0 Å². The number of nitrogens with zero attached hydrogens (tertiary/aromatic N) is 1. The highest BCUT2D eigenvalue weighted by Crippen LogP contribution is 2.16. The number of hydrogen-bond acceptors (Lipinski definition) is 4. The van der Waals surface area contributed by atoms with Gasteiger partial charge in [0.05, 0.1) is 18.3 Å². The number of hydrogen-bond donors (Lipinski definition) is 4. The van der Waals surface area contributed by atoms with Crippen LogP contribution in [-0.4, -0.2) is 33.9 Å². The van der Waals surface area contributed by atoms with Crippen LogP contribution in [0.4, 0.5) is 5.69 Å². The van der Waals surface area contributed by atoms with E-state index < -0.39 is 11.9 Å². The number of carbonyl (C=O) groups is 1. The Morgan fingerprint density at radius 1 is 1.62 bits per heavy atom. The van der Waals surface area contributed by atoms with E-state index in [9.17, 15) is 4.79 Å². The highest BCUT2D eigenvalue weighted by Gasteiger charge is 2.12. The first-order valence-electron chi connectivity index (χ1n) is 4.81. The van der Waals surface area contributed by atoms with Crippen molar-refractivity contribution in [2.45, 2.75) is 6.04 Å². The molecule has 84 valence electrons. The van der Waals surface area contributed by atoms with Crippen LogP contribution in [0.2, 0.25) is 0 Å². The molecule has 1 heterocycles. The largest absolute Gasteiger partial charge is 0.394 e. The number of amides is 1. The molecule has 0 aliphatic rings. The van der Waals surface area contributed by atoms with Gasteiger partial charge >= 0.3 is 0 Å². The number of anilines is 1. The molecule has 0 aliphatic carbocycles. The van der Waals surface area contributed by atoms with Crippen LogP contribution in [0.25, 0.3) is 10.9 Å². The van der Waals surface area contributed by atoms with Gasteiger partial charge in [0.2, 0.25) is 5.91 Å². The van der Waals surface area contributed by atoms with Crippen molar-refractivity contribution in [1.29, 1.82) is 0 Å². The average molecular weight is 220 g/mol. The fraction of sp³-hybridized carbons (Fsp3) is 0.200. The number of rotatable bonds is 3. The number of aliphatic hydroxyl groups excluding tert-OH is 1. The summed E-state index contributed by atoms with van der Waals surface area (Å²) in [6, 6.07) is 4.43. The molecule has 6 nitrogen and oxygen atoms in total. The number of aromatic amines is 1. The molecule has 0 saturated heterocycles. The maximum atomic E-state index is 11.4. The van der Waals surface area contributed by atoms with Gasteiger partial charge < -0.3 is 16.2 Å². The smallest absolute Gasteiger partial charge is 0.243 e. The minimum Gasteiger partial charge on any atom is -0.394 e. The first kappa shape index (κ1) is 10.6. The van der Waals surface area contributed by atoms with Crippen LogP contribution < -0.4 is 11.1 Å². The topological polar surface area (TPSA) is 104 Å². The summed E-state index contributed by atoms with van der Waals surface area (Å²) in [6.45, 7) is -0.377. The number of carbonyl (C=O) groups excluding carboxylic acids is 1. The van der Waals surface area contributed by atoms with E-state index in [1.807, 2.05) is 6.07 Å². The van der Waals surface area contributed by atoms with Crippen molar-refractivity contribution < 1.29 is 9.90 Å². The maximum absolute atomic E-state index is 11.4. The Hall–Kier alpha value is -1.92. The van der Waals surface area contributed by atoms with E-state index in [1.165, 1.54) is 0 Å². The van der Waals surface area contributed by atoms with Gasteiger partial charge in [0, 0.05) is 11.1 Å². The first-order chi connectivity index (χ1) is 7.70. The highest BCUT2D eigenvalue weighted by molar-refractivity contribution is 5.96. The molecule has 0 radical (unpaired) electrons. The Labute approximate surface area is 91.5 Å². The van der Waals surface area contributed by atoms with Crippen molar-refractivity contribution in [2.75, 3.05) is 11.9 Å². The third kappa shape index (κ3) is 2.02. The van der Waals surface area contributed by atoms with E-state index in [-0.39, 0.29) is 6.61 Å². The van der Waals surface area contributed by atoms with Crippen molar-refractivity contribution >= 4 is 22.5 Å². The summed E-state index contributed by atoms with van der Waals surface area (Å²) in [7, 11) is 0. The van der Waals surface area contributed by atoms with Crippen molar-refractivity contribution in [1.82, 2.24) is 10.2 Å². The second-order valence-electron chi connectivity index (χ2n) is 3.45. The minimum atomic E-state index is -0.905. The predicted octanol–water partition coefficient (Wildman–Crippen LogP) is -0.179. The summed E-state index contributed by atoms with van der Waals surface area (Å²) in [5, 5.41) is 19.0. The lowest BCUT2D eigenvalue weighted by Crippen LogP contribution is -2.38. The van der Waals surface area contributed by atoms with Crippen molar-refractivity contribution in [2.24, 2.45) is 5.73 Å². The summed E-state index contributed by atoms with van der Waals surface area (Å²) >= 11 is 0. The molecule has 1 aromatic carbocycles. The molecular weight excluding hydrogens is 208 g/mol. The van der Waals surface area contributed by atoms with Crippen LogP contribution in [-0.2, 0) is 4.79 Å². The molecule has 0 saturated carbocycles. The fourth-order valence-electron chi connectivity index (χ4n) is 1.33. The molecule has 2 rings (SSSR count). The van der Waals surface area contributed by atoms with Gasteiger partial charge in [-0.25, -0.2) is 0 Å². The number of fused-ring (bicyclic) bond motifs is 1. The van der Waals surface area contributed by atoms with E-state index in [1.54, 1.807) is 18.3 Å². The summed E-state index contributed by atoms with van der Waals surface area (Å²) in [6.07, 6.45) is 1.69. The van der Waals surface area contributed by atoms with E-state index in [2.05, 4.69) is 15.5 Å². The van der Waals surface area contributed by atoms with E-state index in [0.29, 0.717) is 5.69 Å². The molecule has 0 spiro atoms. The van der Waals surface area contributed by atoms with E-state index in [4.69, 9.17) is 10.8 Å². The first-order valence-corrected chi connectivity index (χ1v) is 4.81. The Bertz CT molecular complexity index is 508. The molecule has 6 heteroatoms. The van der Waals surface area contributed by atoms with E-state index >= 15 is 0 Å². The van der Waals surface area contributed by atoms with Gasteiger partial charge in [0.25, 0.3) is 0 Å². The lowest BCUT2D eigenvalue weighted by atomic mass is 10.2. The predicted molar refractivity (Wildman–Crippen MR) is 59.8 cm³/mol. The third-order valence-corrected chi connectivity index (χ3v) is 2.24. The van der Waals surface area contributed by atoms with E-state index in [0.717, 1.165) is 10.9 Å². The quantitative estimate of drug-likeness (QED) is 0.576. The molecule has 0 fully saturated rings.